The van der Waals surface area contributed by atoms with Crippen LogP contribution in [-0.4, -0.2) is 44.0 Å². The van der Waals surface area contributed by atoms with Gasteiger partial charge in [0.05, 0.1) is 0 Å². The van der Waals surface area contributed by atoms with Gasteiger partial charge in [-0.15, -0.1) is 24.0 Å². The minimum atomic E-state index is 0. The van der Waals surface area contributed by atoms with Gasteiger partial charge in [-0.05, 0) is 18.1 Å². The van der Waals surface area contributed by atoms with Gasteiger partial charge < -0.3 is 15.5 Å². The normalized spacial score (nSPS) is 10.8. The number of hydrogen-bond acceptors (Lipinski definition) is 2. The highest BCUT2D eigenvalue weighted by Gasteiger charge is 2.10. The summed E-state index contributed by atoms with van der Waals surface area (Å²) in [5.74, 6) is 0.858. The zero-order valence-corrected chi connectivity index (χ0v) is 18.6. The van der Waals surface area contributed by atoms with Crippen LogP contribution < -0.4 is 10.6 Å². The van der Waals surface area contributed by atoms with E-state index in [0.717, 1.165) is 35.4 Å². The summed E-state index contributed by atoms with van der Waals surface area (Å²) in [5.41, 5.74) is 1.10. The summed E-state index contributed by atoms with van der Waals surface area (Å²) in [7, 11) is 3.57. The maximum absolute atomic E-state index is 12.2. The number of carbonyl (C=O) groups excluding carboxylic acids is 1. The molecular formula is C17H28BrIN4O. The summed E-state index contributed by atoms with van der Waals surface area (Å²) in [5, 5.41) is 6.40. The lowest BCUT2D eigenvalue weighted by Gasteiger charge is -2.19. The number of nitrogens with zero attached hydrogens (tertiary/aromatic N) is 2. The number of carbonyl (C=O) groups is 1. The Morgan fingerprint density at radius 1 is 1.25 bits per heavy atom. The molecule has 136 valence electrons. The van der Waals surface area contributed by atoms with E-state index in [2.05, 4.69) is 38.5 Å². The minimum absolute atomic E-state index is 0. The number of nitrogens with one attached hydrogen (secondary N) is 2. The van der Waals surface area contributed by atoms with Crippen LogP contribution in [0.2, 0.25) is 0 Å². The van der Waals surface area contributed by atoms with Crippen molar-refractivity contribution in [3.8, 4) is 0 Å². The lowest BCUT2D eigenvalue weighted by atomic mass is 10.2. The number of amides is 1. The molecule has 1 aromatic rings. The predicted molar refractivity (Wildman–Crippen MR) is 115 cm³/mol. The quantitative estimate of drug-likeness (QED) is 0.244. The number of guanidine groups is 1. The second kappa shape index (κ2) is 13.5. The maximum Gasteiger partial charge on any atom is 0.224 e. The van der Waals surface area contributed by atoms with Crippen LogP contribution >= 0.6 is 39.9 Å². The maximum atomic E-state index is 12.2. The second-order valence-corrected chi connectivity index (χ2v) is 6.22. The molecule has 0 saturated carbocycles. The summed E-state index contributed by atoms with van der Waals surface area (Å²) in [6.07, 6.45) is 2.69. The molecule has 0 heterocycles. The molecule has 1 rings (SSSR count). The highest BCUT2D eigenvalue weighted by atomic mass is 127. The zero-order valence-electron chi connectivity index (χ0n) is 14.6. The summed E-state index contributed by atoms with van der Waals surface area (Å²) in [6.45, 7) is 4.22. The molecule has 5 nitrogen and oxygen atoms in total. The fourth-order valence-corrected chi connectivity index (χ4v) is 2.46. The molecule has 0 saturated heterocycles. The molecule has 1 amide bonds. The van der Waals surface area contributed by atoms with Crippen LogP contribution in [0.4, 0.5) is 0 Å². The molecule has 0 aromatic heterocycles. The topological polar surface area (TPSA) is 56.7 Å². The van der Waals surface area contributed by atoms with Crippen molar-refractivity contribution in [1.29, 1.82) is 0 Å². The van der Waals surface area contributed by atoms with Crippen molar-refractivity contribution in [3.05, 3.63) is 34.3 Å². The van der Waals surface area contributed by atoms with Gasteiger partial charge in [0.15, 0.2) is 5.96 Å². The molecule has 0 aliphatic carbocycles. The zero-order chi connectivity index (χ0) is 17.1. The molecule has 0 aliphatic heterocycles. The van der Waals surface area contributed by atoms with Crippen molar-refractivity contribution in [2.24, 2.45) is 4.99 Å². The molecule has 0 unspecified atom stereocenters. The number of halogens is 2. The van der Waals surface area contributed by atoms with Crippen molar-refractivity contribution in [2.45, 2.75) is 32.7 Å². The molecule has 0 aliphatic rings. The van der Waals surface area contributed by atoms with E-state index in [9.17, 15) is 4.79 Å². The van der Waals surface area contributed by atoms with Gasteiger partial charge in [-0.25, -0.2) is 0 Å². The average Bonchev–Trinajstić information content (AvgIpc) is 2.55. The fraction of sp³-hybridized carbons (Fsp3) is 0.529. The van der Waals surface area contributed by atoms with Crippen molar-refractivity contribution in [1.82, 2.24) is 15.5 Å². The number of aliphatic imine (C=N–C) groups is 1. The van der Waals surface area contributed by atoms with Crippen LogP contribution in [0.1, 0.15) is 31.7 Å². The summed E-state index contributed by atoms with van der Waals surface area (Å²) >= 11 is 3.51. The molecule has 0 radical (unpaired) electrons. The Balaban J connectivity index is 0.00000529. The molecule has 24 heavy (non-hydrogen) atoms. The van der Waals surface area contributed by atoms with Gasteiger partial charge >= 0.3 is 0 Å². The van der Waals surface area contributed by atoms with E-state index >= 15 is 0 Å². The third kappa shape index (κ3) is 8.86. The lowest BCUT2D eigenvalue weighted by molar-refractivity contribution is -0.130. The van der Waals surface area contributed by atoms with Crippen LogP contribution in [0.15, 0.2) is 33.7 Å². The van der Waals surface area contributed by atoms with E-state index in [1.54, 1.807) is 11.9 Å². The smallest absolute Gasteiger partial charge is 0.224 e. The molecule has 0 atom stereocenters. The highest BCUT2D eigenvalue weighted by Crippen LogP contribution is 2.17. The standard InChI is InChI=1S/C17H27BrN4O.HI/c1-4-5-11-20-17(19-2)21-12-10-16(23)22(3)13-14-8-6-7-9-15(14)18;/h6-9H,4-5,10-13H2,1-3H3,(H2,19,20,21);1H. The van der Waals surface area contributed by atoms with Gasteiger partial charge in [-0.2, -0.15) is 0 Å². The van der Waals surface area contributed by atoms with E-state index in [4.69, 9.17) is 0 Å². The Labute approximate surface area is 170 Å². The number of benzene rings is 1. The number of rotatable bonds is 8. The first-order valence-corrected chi connectivity index (χ1v) is 8.79. The van der Waals surface area contributed by atoms with Gasteiger partial charge in [0.25, 0.3) is 0 Å². The third-order valence-corrected chi connectivity index (χ3v) is 4.24. The Morgan fingerprint density at radius 2 is 1.92 bits per heavy atom. The van der Waals surface area contributed by atoms with E-state index in [1.165, 1.54) is 0 Å². The molecule has 0 spiro atoms. The first kappa shape index (κ1) is 23.2. The average molecular weight is 511 g/mol. The van der Waals surface area contributed by atoms with Gasteiger partial charge in [0, 0.05) is 44.6 Å². The number of hydrogen-bond donors (Lipinski definition) is 2. The lowest BCUT2D eigenvalue weighted by Crippen LogP contribution is -2.39. The van der Waals surface area contributed by atoms with Crippen LogP contribution in [0.5, 0.6) is 0 Å². The second-order valence-electron chi connectivity index (χ2n) is 5.37. The van der Waals surface area contributed by atoms with Gasteiger partial charge in [0.2, 0.25) is 5.91 Å². The van der Waals surface area contributed by atoms with Crippen LogP contribution in [0.25, 0.3) is 0 Å². The molecular weight excluding hydrogens is 483 g/mol. The third-order valence-electron chi connectivity index (χ3n) is 3.47. The first-order valence-electron chi connectivity index (χ1n) is 8.00. The van der Waals surface area contributed by atoms with Crippen molar-refractivity contribution in [3.63, 3.8) is 0 Å². The van der Waals surface area contributed by atoms with Crippen molar-refractivity contribution >= 4 is 51.8 Å². The van der Waals surface area contributed by atoms with Crippen molar-refractivity contribution in [2.75, 3.05) is 27.2 Å². The van der Waals surface area contributed by atoms with E-state index in [0.29, 0.717) is 19.5 Å². The number of unbranched alkanes of at least 4 members (excludes halogenated alkanes) is 1. The van der Waals surface area contributed by atoms with Gasteiger partial charge in [-0.3, -0.25) is 9.79 Å². The van der Waals surface area contributed by atoms with E-state index in [-0.39, 0.29) is 29.9 Å². The monoisotopic (exact) mass is 510 g/mol. The summed E-state index contributed by atoms with van der Waals surface area (Å²) in [6, 6.07) is 7.95. The molecule has 7 heteroatoms. The minimum Gasteiger partial charge on any atom is -0.356 e. The van der Waals surface area contributed by atoms with Crippen molar-refractivity contribution < 1.29 is 4.79 Å². The fourth-order valence-electron chi connectivity index (χ4n) is 2.05. The Bertz CT molecular complexity index is 525. The molecule has 0 bridgehead atoms. The van der Waals surface area contributed by atoms with Crippen LogP contribution in [0, 0.1) is 0 Å². The summed E-state index contributed by atoms with van der Waals surface area (Å²) in [4.78, 5) is 18.1. The molecule has 2 N–H and O–H groups in total. The van der Waals surface area contributed by atoms with Crippen LogP contribution in [0.3, 0.4) is 0 Å². The SMILES string of the molecule is CCCCNC(=NC)NCCC(=O)N(C)Cc1ccccc1Br.I. The van der Waals surface area contributed by atoms with E-state index in [1.807, 2.05) is 31.3 Å². The Kier molecular flexibility index (Phi) is 13.0. The van der Waals surface area contributed by atoms with Gasteiger partial charge in [-0.1, -0.05) is 47.5 Å². The summed E-state index contributed by atoms with van der Waals surface area (Å²) < 4.78 is 1.03. The van der Waals surface area contributed by atoms with E-state index < -0.39 is 0 Å². The van der Waals surface area contributed by atoms with Crippen LogP contribution in [-0.2, 0) is 11.3 Å². The predicted octanol–water partition coefficient (Wildman–Crippen LogP) is 3.38. The molecule has 0 fully saturated rings. The largest absolute Gasteiger partial charge is 0.356 e. The Morgan fingerprint density at radius 3 is 2.54 bits per heavy atom. The first-order chi connectivity index (χ1) is 11.1. The molecule has 1 aromatic carbocycles. The Hall–Kier alpha value is -0.830. The highest BCUT2D eigenvalue weighted by molar-refractivity contribution is 14.0. The van der Waals surface area contributed by atoms with Gasteiger partial charge in [0.1, 0.15) is 0 Å².